The van der Waals surface area contributed by atoms with Crippen LogP contribution in [0.2, 0.25) is 0 Å². The summed E-state index contributed by atoms with van der Waals surface area (Å²) in [6.07, 6.45) is 4.06. The summed E-state index contributed by atoms with van der Waals surface area (Å²) < 4.78 is 5.72. The number of aliphatic hydroxyl groups is 3. The summed E-state index contributed by atoms with van der Waals surface area (Å²) in [4.78, 5) is 36.4. The van der Waals surface area contributed by atoms with Gasteiger partial charge in [-0.3, -0.25) is 14.4 Å². The summed E-state index contributed by atoms with van der Waals surface area (Å²) in [6.45, 7) is 6.51. The van der Waals surface area contributed by atoms with E-state index in [1.165, 1.54) is 12.2 Å². The van der Waals surface area contributed by atoms with E-state index < -0.39 is 51.7 Å². The molecule has 0 amide bonds. The molecule has 34 heavy (non-hydrogen) atoms. The third-order valence-corrected chi connectivity index (χ3v) is 10.5. The maximum atomic E-state index is 12.8. The van der Waals surface area contributed by atoms with Gasteiger partial charge < -0.3 is 20.1 Å². The molecule has 4 aliphatic rings. The van der Waals surface area contributed by atoms with Crippen molar-refractivity contribution < 1.29 is 34.4 Å². The van der Waals surface area contributed by atoms with E-state index in [2.05, 4.69) is 0 Å². The predicted octanol–water partition coefficient (Wildman–Crippen LogP) is 2.84. The number of halogens is 1. The van der Waals surface area contributed by atoms with Crippen molar-refractivity contribution >= 4 is 29.1 Å². The Bertz CT molecular complexity index is 988. The minimum Gasteiger partial charge on any atom is -0.430 e. The topological polar surface area (TPSA) is 121 Å². The Labute approximate surface area is 205 Å². The zero-order valence-corrected chi connectivity index (χ0v) is 21.0. The number of aliphatic hydroxyl groups excluding tert-OH is 2. The van der Waals surface area contributed by atoms with Gasteiger partial charge in [0.1, 0.15) is 18.0 Å². The van der Waals surface area contributed by atoms with E-state index in [1.54, 1.807) is 6.92 Å². The fraction of sp³-hybridized carbons (Fsp3) is 0.731. The van der Waals surface area contributed by atoms with Gasteiger partial charge in [0, 0.05) is 17.9 Å². The number of rotatable bonds is 5. The number of carbonyl (C=O) groups excluding carboxylic acids is 3. The first-order valence-corrected chi connectivity index (χ1v) is 12.6. The Kier molecular flexibility index (Phi) is 6.20. The van der Waals surface area contributed by atoms with E-state index in [4.69, 9.17) is 16.3 Å². The van der Waals surface area contributed by atoms with Gasteiger partial charge in [-0.15, -0.1) is 11.6 Å². The maximum Gasteiger partial charge on any atom is 0.310 e. The molecule has 0 aromatic carbocycles. The molecular formula is C26H35ClO7. The number of allylic oxidation sites excluding steroid dienone is 3. The van der Waals surface area contributed by atoms with Gasteiger partial charge in [0.15, 0.2) is 11.6 Å². The molecule has 0 spiro atoms. The van der Waals surface area contributed by atoms with E-state index in [0.717, 1.165) is 5.57 Å². The highest BCUT2D eigenvalue weighted by Gasteiger charge is 2.75. The summed E-state index contributed by atoms with van der Waals surface area (Å²) in [6, 6.07) is 0. The van der Waals surface area contributed by atoms with Crippen LogP contribution in [0.5, 0.6) is 0 Å². The van der Waals surface area contributed by atoms with Crippen LogP contribution >= 0.6 is 11.6 Å². The van der Waals surface area contributed by atoms with Crippen LogP contribution in [0.4, 0.5) is 0 Å². The van der Waals surface area contributed by atoms with Crippen LogP contribution < -0.4 is 0 Å². The fourth-order valence-electron chi connectivity index (χ4n) is 7.86. The Morgan fingerprint density at radius 2 is 1.91 bits per heavy atom. The van der Waals surface area contributed by atoms with Crippen LogP contribution in [-0.2, 0) is 19.1 Å². The number of carbonyl (C=O) groups is 3. The molecule has 4 aliphatic carbocycles. The lowest BCUT2D eigenvalue weighted by atomic mass is 9.45. The van der Waals surface area contributed by atoms with Gasteiger partial charge in [-0.2, -0.15) is 0 Å². The molecule has 0 heterocycles. The Hall–Kier alpha value is -1.54. The summed E-state index contributed by atoms with van der Waals surface area (Å²) in [5.41, 5.74) is -3.15. The standard InChI is InChI=1S/C26H35ClO7/c1-5-6-22(32)34-21-11-16(29)10-15-7-8-17-18-9-14(2)26(33,20(31)13-28)23(18,3)12-19(30)25(17,27)24(15,21)4/h10-11,14,17-19,28,30,33H,5-9,12-13H2,1-4H3/t14-,17-,18-,19-,23-,24-,25-,26-/m0/s1. The average Bonchev–Trinajstić information content (AvgIpc) is 2.97. The monoisotopic (exact) mass is 494 g/mol. The number of Topliss-reactive ketones (excluding diaryl/α,β-unsaturated/α-hetero) is 1. The molecule has 0 aromatic heterocycles. The predicted molar refractivity (Wildman–Crippen MR) is 125 cm³/mol. The minimum atomic E-state index is -1.78. The molecule has 0 aromatic rings. The van der Waals surface area contributed by atoms with E-state index in [1.807, 2.05) is 20.8 Å². The molecule has 0 unspecified atom stereocenters. The van der Waals surface area contributed by atoms with Crippen molar-refractivity contribution in [2.24, 2.45) is 28.6 Å². The lowest BCUT2D eigenvalue weighted by molar-refractivity contribution is -0.182. The molecule has 3 N–H and O–H groups in total. The van der Waals surface area contributed by atoms with Gasteiger partial charge in [0.25, 0.3) is 0 Å². The van der Waals surface area contributed by atoms with Gasteiger partial charge in [-0.05, 0) is 62.9 Å². The zero-order chi connectivity index (χ0) is 25.3. The van der Waals surface area contributed by atoms with Gasteiger partial charge >= 0.3 is 5.97 Å². The molecule has 3 saturated carbocycles. The molecule has 0 radical (unpaired) electrons. The quantitative estimate of drug-likeness (QED) is 0.397. The number of fused-ring (bicyclic) bond motifs is 5. The lowest BCUT2D eigenvalue weighted by Gasteiger charge is -2.64. The second kappa shape index (κ2) is 8.26. The van der Waals surface area contributed by atoms with Gasteiger partial charge in [-0.25, -0.2) is 0 Å². The normalized spacial score (nSPS) is 45.5. The largest absolute Gasteiger partial charge is 0.430 e. The van der Waals surface area contributed by atoms with Crippen molar-refractivity contribution in [2.75, 3.05) is 6.61 Å². The maximum absolute atomic E-state index is 12.8. The smallest absolute Gasteiger partial charge is 0.310 e. The van der Waals surface area contributed by atoms with Gasteiger partial charge in [0.05, 0.1) is 16.4 Å². The van der Waals surface area contributed by atoms with Crippen molar-refractivity contribution in [3.05, 3.63) is 23.5 Å². The highest BCUT2D eigenvalue weighted by molar-refractivity contribution is 6.26. The first kappa shape index (κ1) is 25.5. The van der Waals surface area contributed by atoms with Crippen LogP contribution in [0.25, 0.3) is 0 Å². The first-order valence-electron chi connectivity index (χ1n) is 12.2. The first-order chi connectivity index (χ1) is 15.8. The lowest BCUT2D eigenvalue weighted by Crippen LogP contribution is -2.69. The number of ketones is 2. The number of hydrogen-bond donors (Lipinski definition) is 3. The summed E-state index contributed by atoms with van der Waals surface area (Å²) in [5.74, 6) is -2.19. The molecule has 188 valence electrons. The van der Waals surface area contributed by atoms with E-state index in [-0.39, 0.29) is 36.2 Å². The molecule has 3 fully saturated rings. The Morgan fingerprint density at radius 3 is 2.53 bits per heavy atom. The van der Waals surface area contributed by atoms with Gasteiger partial charge in [0.2, 0.25) is 0 Å². The Morgan fingerprint density at radius 1 is 1.24 bits per heavy atom. The van der Waals surface area contributed by atoms with Crippen LogP contribution in [0, 0.1) is 28.6 Å². The number of alkyl halides is 1. The highest BCUT2D eigenvalue weighted by Crippen LogP contribution is 2.72. The molecule has 0 bridgehead atoms. The molecule has 0 saturated heterocycles. The summed E-state index contributed by atoms with van der Waals surface area (Å²) in [5, 5.41) is 32.9. The molecule has 8 heteroatoms. The summed E-state index contributed by atoms with van der Waals surface area (Å²) >= 11 is 7.48. The van der Waals surface area contributed by atoms with Crippen molar-refractivity contribution in [1.82, 2.24) is 0 Å². The van der Waals surface area contributed by atoms with Crippen molar-refractivity contribution in [3.8, 4) is 0 Å². The fourth-order valence-corrected chi connectivity index (χ4v) is 8.41. The number of ether oxygens (including phenoxy) is 1. The van der Waals surface area contributed by atoms with Crippen LogP contribution in [0.3, 0.4) is 0 Å². The summed E-state index contributed by atoms with van der Waals surface area (Å²) in [7, 11) is 0. The van der Waals surface area contributed by atoms with E-state index in [0.29, 0.717) is 25.7 Å². The molecule has 4 rings (SSSR count). The second-order valence-corrected chi connectivity index (χ2v) is 11.7. The van der Waals surface area contributed by atoms with Crippen molar-refractivity contribution in [2.45, 2.75) is 82.8 Å². The van der Waals surface area contributed by atoms with Crippen LogP contribution in [-0.4, -0.2) is 56.0 Å². The van der Waals surface area contributed by atoms with E-state index >= 15 is 0 Å². The zero-order valence-electron chi connectivity index (χ0n) is 20.3. The molecule has 0 aliphatic heterocycles. The minimum absolute atomic E-state index is 0.0389. The third-order valence-electron chi connectivity index (χ3n) is 9.60. The SMILES string of the molecule is CCCC(=O)OC1=CC(=O)C=C2CC[C@H]3[C@@H]4C[C@H](C)[C@](O)(C(=O)CO)[C@@]4(C)C[C@H](O)[C@]3(Cl)[C@@]21C. The second-order valence-electron chi connectivity index (χ2n) is 11.1. The third kappa shape index (κ3) is 3.03. The molecule has 8 atom stereocenters. The Balaban J connectivity index is 1.83. The average molecular weight is 495 g/mol. The van der Waals surface area contributed by atoms with Crippen molar-refractivity contribution in [1.29, 1.82) is 0 Å². The molecule has 7 nitrogen and oxygen atoms in total. The number of hydrogen-bond acceptors (Lipinski definition) is 7. The number of esters is 1. The van der Waals surface area contributed by atoms with Crippen molar-refractivity contribution in [3.63, 3.8) is 0 Å². The van der Waals surface area contributed by atoms with Crippen LogP contribution in [0.15, 0.2) is 23.5 Å². The van der Waals surface area contributed by atoms with E-state index in [9.17, 15) is 29.7 Å². The highest BCUT2D eigenvalue weighted by atomic mass is 35.5. The van der Waals surface area contributed by atoms with Gasteiger partial charge in [-0.1, -0.05) is 26.3 Å². The van der Waals surface area contributed by atoms with Crippen LogP contribution in [0.1, 0.15) is 66.2 Å². The molecular weight excluding hydrogens is 460 g/mol.